The fourth-order valence-corrected chi connectivity index (χ4v) is 2.00. The fraction of sp³-hybridized carbons (Fsp3) is 0.364. The van der Waals surface area contributed by atoms with Crippen molar-refractivity contribution in [2.24, 2.45) is 0 Å². The van der Waals surface area contributed by atoms with Crippen LogP contribution in [0.15, 0.2) is 18.3 Å². The van der Waals surface area contributed by atoms with Crippen LogP contribution in [0.25, 0.3) is 5.65 Å². The molecule has 3 rings (SSSR count). The molecule has 17 heavy (non-hydrogen) atoms. The fourth-order valence-electron chi connectivity index (χ4n) is 2.00. The van der Waals surface area contributed by atoms with Gasteiger partial charge in [-0.1, -0.05) is 0 Å². The van der Waals surface area contributed by atoms with E-state index in [1.54, 1.807) is 4.40 Å². The molecule has 0 N–H and O–H groups in total. The highest BCUT2D eigenvalue weighted by atomic mass is 16.5. The summed E-state index contributed by atoms with van der Waals surface area (Å²) in [5.41, 5.74) is 1.78. The van der Waals surface area contributed by atoms with Crippen LogP contribution >= 0.6 is 0 Å². The summed E-state index contributed by atoms with van der Waals surface area (Å²) in [6, 6.07) is 3.90. The zero-order valence-electron chi connectivity index (χ0n) is 9.24. The van der Waals surface area contributed by atoms with Gasteiger partial charge in [0.05, 0.1) is 13.2 Å². The van der Waals surface area contributed by atoms with Gasteiger partial charge < -0.3 is 9.64 Å². The van der Waals surface area contributed by atoms with Crippen molar-refractivity contribution in [2.75, 3.05) is 31.2 Å². The van der Waals surface area contributed by atoms with Gasteiger partial charge in [-0.05, 0) is 6.07 Å². The average molecular weight is 232 g/mol. The largest absolute Gasteiger partial charge is 0.378 e. The molecule has 0 radical (unpaired) electrons. The number of morpholine rings is 1. The van der Waals surface area contributed by atoms with E-state index in [1.165, 1.54) is 0 Å². The summed E-state index contributed by atoms with van der Waals surface area (Å²) < 4.78 is 6.99. The van der Waals surface area contributed by atoms with Crippen LogP contribution in [0.4, 0.5) is 5.69 Å². The maximum absolute atomic E-state index is 10.7. The quantitative estimate of drug-likeness (QED) is 0.700. The molecule has 0 bridgehead atoms. The molecule has 1 saturated heterocycles. The number of aromatic nitrogens is 3. The van der Waals surface area contributed by atoms with Crippen LogP contribution in [0.5, 0.6) is 0 Å². The summed E-state index contributed by atoms with van der Waals surface area (Å²) in [5.74, 6) is 0.327. The SMILES string of the molecule is O=Cc1nnc2cc(N3CCOCC3)ccn12. The Morgan fingerprint density at radius 1 is 1.29 bits per heavy atom. The number of rotatable bonds is 2. The summed E-state index contributed by atoms with van der Waals surface area (Å²) in [7, 11) is 0. The maximum atomic E-state index is 10.7. The topological polar surface area (TPSA) is 59.7 Å². The Labute approximate surface area is 97.8 Å². The number of carbonyl (C=O) groups excluding carboxylic acids is 1. The Morgan fingerprint density at radius 2 is 2.12 bits per heavy atom. The Balaban J connectivity index is 1.98. The van der Waals surface area contributed by atoms with Crippen molar-refractivity contribution >= 4 is 17.6 Å². The van der Waals surface area contributed by atoms with Gasteiger partial charge in [0.15, 0.2) is 11.9 Å². The zero-order valence-corrected chi connectivity index (χ0v) is 9.24. The molecule has 0 saturated carbocycles. The monoisotopic (exact) mass is 232 g/mol. The highest BCUT2D eigenvalue weighted by Crippen LogP contribution is 2.17. The first-order valence-corrected chi connectivity index (χ1v) is 5.51. The minimum Gasteiger partial charge on any atom is -0.378 e. The summed E-state index contributed by atoms with van der Waals surface area (Å²) in [6.07, 6.45) is 2.53. The molecule has 6 nitrogen and oxygen atoms in total. The van der Waals surface area contributed by atoms with Crippen LogP contribution in [0.2, 0.25) is 0 Å². The lowest BCUT2D eigenvalue weighted by atomic mass is 10.3. The van der Waals surface area contributed by atoms with Crippen molar-refractivity contribution in [3.63, 3.8) is 0 Å². The summed E-state index contributed by atoms with van der Waals surface area (Å²) >= 11 is 0. The van der Waals surface area contributed by atoms with E-state index in [1.807, 2.05) is 18.3 Å². The van der Waals surface area contributed by atoms with Crippen LogP contribution in [0, 0.1) is 0 Å². The number of anilines is 1. The molecule has 1 aliphatic rings. The first-order chi connectivity index (χ1) is 8.38. The van der Waals surface area contributed by atoms with Gasteiger partial charge in [-0.15, -0.1) is 10.2 Å². The minimum absolute atomic E-state index is 0.327. The molecule has 6 heteroatoms. The lowest BCUT2D eigenvalue weighted by molar-refractivity contribution is 0.111. The minimum atomic E-state index is 0.327. The number of ether oxygens (including phenoxy) is 1. The lowest BCUT2D eigenvalue weighted by Gasteiger charge is -2.28. The second-order valence-electron chi connectivity index (χ2n) is 3.89. The molecule has 88 valence electrons. The van der Waals surface area contributed by atoms with Crippen molar-refractivity contribution in [3.05, 3.63) is 24.2 Å². The van der Waals surface area contributed by atoms with Gasteiger partial charge in [0, 0.05) is 31.0 Å². The van der Waals surface area contributed by atoms with E-state index in [0.29, 0.717) is 17.8 Å². The molecule has 1 aliphatic heterocycles. The smallest absolute Gasteiger partial charge is 0.201 e. The van der Waals surface area contributed by atoms with E-state index >= 15 is 0 Å². The van der Waals surface area contributed by atoms with E-state index in [0.717, 1.165) is 32.0 Å². The molecule has 0 atom stereocenters. The number of nitrogens with zero attached hydrogens (tertiary/aromatic N) is 4. The van der Waals surface area contributed by atoms with Crippen molar-refractivity contribution in [1.29, 1.82) is 0 Å². The number of fused-ring (bicyclic) bond motifs is 1. The van der Waals surface area contributed by atoms with Crippen LogP contribution in [0.1, 0.15) is 10.6 Å². The molecule has 2 aromatic heterocycles. The third kappa shape index (κ3) is 1.76. The standard InChI is InChI=1S/C11H12N4O2/c16-8-11-13-12-10-7-9(1-2-15(10)11)14-3-5-17-6-4-14/h1-2,7-8H,3-6H2. The predicted octanol–water partition coefficient (Wildman–Crippen LogP) is 0.378. The Kier molecular flexibility index (Phi) is 2.49. The highest BCUT2D eigenvalue weighted by Gasteiger charge is 2.12. The molecule has 0 unspecified atom stereocenters. The van der Waals surface area contributed by atoms with Gasteiger partial charge in [0.1, 0.15) is 0 Å². The molecule has 0 amide bonds. The third-order valence-corrected chi connectivity index (χ3v) is 2.90. The van der Waals surface area contributed by atoms with Crippen molar-refractivity contribution in [2.45, 2.75) is 0 Å². The molecular weight excluding hydrogens is 220 g/mol. The molecule has 1 fully saturated rings. The predicted molar refractivity (Wildman–Crippen MR) is 61.4 cm³/mol. The third-order valence-electron chi connectivity index (χ3n) is 2.90. The van der Waals surface area contributed by atoms with Gasteiger partial charge >= 0.3 is 0 Å². The van der Waals surface area contributed by atoms with Gasteiger partial charge in [0.2, 0.25) is 5.82 Å². The van der Waals surface area contributed by atoms with Gasteiger partial charge in [0.25, 0.3) is 0 Å². The lowest BCUT2D eigenvalue weighted by Crippen LogP contribution is -2.36. The van der Waals surface area contributed by atoms with Crippen LogP contribution in [0.3, 0.4) is 0 Å². The highest BCUT2D eigenvalue weighted by molar-refractivity contribution is 5.71. The first-order valence-electron chi connectivity index (χ1n) is 5.51. The number of carbonyl (C=O) groups is 1. The Hall–Kier alpha value is -1.95. The molecule has 0 aliphatic carbocycles. The molecular formula is C11H12N4O2. The number of hydrogen-bond donors (Lipinski definition) is 0. The second-order valence-corrected chi connectivity index (χ2v) is 3.89. The molecule has 0 spiro atoms. The maximum Gasteiger partial charge on any atom is 0.201 e. The Morgan fingerprint density at radius 3 is 2.88 bits per heavy atom. The van der Waals surface area contributed by atoms with Crippen LogP contribution in [-0.4, -0.2) is 47.2 Å². The van der Waals surface area contributed by atoms with Crippen LogP contribution in [-0.2, 0) is 4.74 Å². The average Bonchev–Trinajstić information content (AvgIpc) is 2.81. The molecule has 0 aromatic carbocycles. The number of pyridine rings is 1. The number of hydrogen-bond acceptors (Lipinski definition) is 5. The van der Waals surface area contributed by atoms with E-state index < -0.39 is 0 Å². The van der Waals surface area contributed by atoms with Crippen molar-refractivity contribution in [3.8, 4) is 0 Å². The van der Waals surface area contributed by atoms with E-state index in [4.69, 9.17) is 4.74 Å². The summed E-state index contributed by atoms with van der Waals surface area (Å²) in [4.78, 5) is 13.0. The van der Waals surface area contributed by atoms with E-state index in [-0.39, 0.29) is 0 Å². The molecule has 2 aromatic rings. The van der Waals surface area contributed by atoms with E-state index in [9.17, 15) is 4.79 Å². The first kappa shape index (κ1) is 10.2. The van der Waals surface area contributed by atoms with Crippen LogP contribution < -0.4 is 4.90 Å². The van der Waals surface area contributed by atoms with E-state index in [2.05, 4.69) is 15.1 Å². The van der Waals surface area contributed by atoms with Gasteiger partial charge in [-0.2, -0.15) is 0 Å². The van der Waals surface area contributed by atoms with Gasteiger partial charge in [-0.25, -0.2) is 0 Å². The van der Waals surface area contributed by atoms with Gasteiger partial charge in [-0.3, -0.25) is 9.20 Å². The van der Waals surface area contributed by atoms with Crippen molar-refractivity contribution in [1.82, 2.24) is 14.6 Å². The second kappa shape index (κ2) is 4.14. The Bertz CT molecular complexity index is 545. The van der Waals surface area contributed by atoms with Crippen molar-refractivity contribution < 1.29 is 9.53 Å². The molecule has 3 heterocycles. The zero-order chi connectivity index (χ0) is 11.7. The number of aldehydes is 1. The summed E-state index contributed by atoms with van der Waals surface area (Å²) in [6.45, 7) is 3.25. The summed E-state index contributed by atoms with van der Waals surface area (Å²) in [5, 5.41) is 7.77. The normalized spacial score (nSPS) is 16.4.